The van der Waals surface area contributed by atoms with Crippen molar-refractivity contribution in [1.82, 2.24) is 0 Å². The Labute approximate surface area is 84.8 Å². The van der Waals surface area contributed by atoms with E-state index in [1.165, 1.54) is 5.56 Å². The van der Waals surface area contributed by atoms with E-state index in [2.05, 4.69) is 28.1 Å². The highest BCUT2D eigenvalue weighted by molar-refractivity contribution is 9.10. The minimum atomic E-state index is 0.568. The maximum absolute atomic E-state index is 5.87. The molecule has 1 saturated heterocycles. The van der Waals surface area contributed by atoms with Gasteiger partial charge in [-0.05, 0) is 33.6 Å². The summed E-state index contributed by atoms with van der Waals surface area (Å²) in [5.74, 6) is 0.568. The molecule has 1 fully saturated rings. The van der Waals surface area contributed by atoms with E-state index in [0.29, 0.717) is 5.92 Å². The fraction of sp³-hybridized carbons (Fsp3) is 0.333. The van der Waals surface area contributed by atoms with Crippen LogP contribution >= 0.6 is 27.5 Å². The number of halogens is 2. The molecule has 3 heteroatoms. The first-order valence-electron chi connectivity index (χ1n) is 3.80. The van der Waals surface area contributed by atoms with E-state index < -0.39 is 0 Å². The molecule has 0 bridgehead atoms. The Balaban J connectivity index is 2.27. The summed E-state index contributed by atoms with van der Waals surface area (Å²) < 4.78 is 6.08. The van der Waals surface area contributed by atoms with E-state index in [9.17, 15) is 0 Å². The van der Waals surface area contributed by atoms with Gasteiger partial charge in [0.15, 0.2) is 0 Å². The predicted molar refractivity (Wildman–Crippen MR) is 52.7 cm³/mol. The Kier molecular flexibility index (Phi) is 2.40. The summed E-state index contributed by atoms with van der Waals surface area (Å²) in [7, 11) is 0. The molecule has 0 aromatic heterocycles. The van der Waals surface area contributed by atoms with Crippen molar-refractivity contribution in [3.63, 3.8) is 0 Å². The van der Waals surface area contributed by atoms with E-state index >= 15 is 0 Å². The molecule has 1 aliphatic rings. The zero-order valence-electron chi connectivity index (χ0n) is 6.39. The summed E-state index contributed by atoms with van der Waals surface area (Å²) in [5.41, 5.74) is 1.30. The molecule has 0 saturated carbocycles. The molecule has 2 rings (SSSR count). The second-order valence-electron chi connectivity index (χ2n) is 2.91. The van der Waals surface area contributed by atoms with Gasteiger partial charge >= 0.3 is 0 Å². The van der Waals surface area contributed by atoms with Crippen molar-refractivity contribution in [3.05, 3.63) is 33.3 Å². The molecule has 12 heavy (non-hydrogen) atoms. The maximum Gasteiger partial charge on any atom is 0.0557 e. The van der Waals surface area contributed by atoms with Crippen molar-refractivity contribution < 1.29 is 4.74 Å². The van der Waals surface area contributed by atoms with Gasteiger partial charge in [0.05, 0.1) is 18.2 Å². The Morgan fingerprint density at radius 3 is 2.67 bits per heavy atom. The largest absolute Gasteiger partial charge is 0.380 e. The van der Waals surface area contributed by atoms with Crippen LogP contribution < -0.4 is 0 Å². The molecule has 0 radical (unpaired) electrons. The molecule has 0 atom stereocenters. The standard InChI is InChI=1S/C9H8BrClO/c10-8-3-6(1-2-9(8)11)7-4-12-5-7/h1-3,7H,4-5H2. The van der Waals surface area contributed by atoms with Crippen LogP contribution in [0.3, 0.4) is 0 Å². The van der Waals surface area contributed by atoms with Crippen molar-refractivity contribution in [2.75, 3.05) is 13.2 Å². The molecule has 0 spiro atoms. The van der Waals surface area contributed by atoms with Gasteiger partial charge in [0.1, 0.15) is 0 Å². The molecule has 1 aromatic rings. The minimum absolute atomic E-state index is 0.568. The first kappa shape index (κ1) is 8.54. The summed E-state index contributed by atoms with van der Waals surface area (Å²) in [6, 6.07) is 6.04. The fourth-order valence-corrected chi connectivity index (χ4v) is 1.71. The molecule has 1 nitrogen and oxygen atoms in total. The van der Waals surface area contributed by atoms with E-state index in [0.717, 1.165) is 22.7 Å². The van der Waals surface area contributed by atoms with Crippen LogP contribution in [0.25, 0.3) is 0 Å². The predicted octanol–water partition coefficient (Wildman–Crippen LogP) is 3.22. The number of ether oxygens (including phenoxy) is 1. The highest BCUT2D eigenvalue weighted by Crippen LogP contribution is 2.30. The molecule has 0 amide bonds. The molecular formula is C9H8BrClO. The van der Waals surface area contributed by atoms with E-state index in [4.69, 9.17) is 16.3 Å². The zero-order chi connectivity index (χ0) is 8.55. The van der Waals surface area contributed by atoms with Crippen LogP contribution in [0.4, 0.5) is 0 Å². The van der Waals surface area contributed by atoms with Gasteiger partial charge in [-0.15, -0.1) is 0 Å². The van der Waals surface area contributed by atoms with Crippen LogP contribution in [-0.4, -0.2) is 13.2 Å². The lowest BCUT2D eigenvalue weighted by Crippen LogP contribution is -2.24. The first-order valence-corrected chi connectivity index (χ1v) is 4.97. The van der Waals surface area contributed by atoms with Gasteiger partial charge in [-0.25, -0.2) is 0 Å². The summed E-state index contributed by atoms with van der Waals surface area (Å²) in [4.78, 5) is 0. The third kappa shape index (κ3) is 1.51. The fourth-order valence-electron chi connectivity index (χ4n) is 1.19. The molecule has 1 heterocycles. The van der Waals surface area contributed by atoms with Crippen LogP contribution in [0.5, 0.6) is 0 Å². The van der Waals surface area contributed by atoms with Gasteiger partial charge in [0.2, 0.25) is 0 Å². The molecule has 0 unspecified atom stereocenters. The van der Waals surface area contributed by atoms with Crippen LogP contribution in [0.2, 0.25) is 5.02 Å². The van der Waals surface area contributed by atoms with Gasteiger partial charge in [0.25, 0.3) is 0 Å². The highest BCUT2D eigenvalue weighted by Gasteiger charge is 2.20. The molecular weight excluding hydrogens is 239 g/mol. The summed E-state index contributed by atoms with van der Waals surface area (Å²) in [5, 5.41) is 0.763. The van der Waals surface area contributed by atoms with Crippen molar-refractivity contribution in [1.29, 1.82) is 0 Å². The highest BCUT2D eigenvalue weighted by atomic mass is 79.9. The van der Waals surface area contributed by atoms with Gasteiger partial charge in [-0.3, -0.25) is 0 Å². The lowest BCUT2D eigenvalue weighted by Gasteiger charge is -2.26. The number of hydrogen-bond acceptors (Lipinski definition) is 1. The van der Waals surface area contributed by atoms with Gasteiger partial charge in [0, 0.05) is 10.4 Å². The van der Waals surface area contributed by atoms with Crippen LogP contribution in [-0.2, 0) is 4.74 Å². The number of benzene rings is 1. The van der Waals surface area contributed by atoms with Crippen molar-refractivity contribution in [2.45, 2.75) is 5.92 Å². The van der Waals surface area contributed by atoms with E-state index in [1.54, 1.807) is 0 Å². The average Bonchev–Trinajstić information content (AvgIpc) is 1.93. The van der Waals surface area contributed by atoms with Crippen molar-refractivity contribution in [3.8, 4) is 0 Å². The van der Waals surface area contributed by atoms with E-state index in [-0.39, 0.29) is 0 Å². The first-order chi connectivity index (χ1) is 5.77. The molecule has 64 valence electrons. The topological polar surface area (TPSA) is 9.23 Å². The third-order valence-corrected chi connectivity index (χ3v) is 3.27. The van der Waals surface area contributed by atoms with Gasteiger partial charge in [-0.2, -0.15) is 0 Å². The Hall–Kier alpha value is -0.0500. The average molecular weight is 248 g/mol. The lowest BCUT2D eigenvalue weighted by molar-refractivity contribution is 0.00840. The SMILES string of the molecule is Clc1ccc(C2COC2)cc1Br. The van der Waals surface area contributed by atoms with Gasteiger partial charge in [-0.1, -0.05) is 17.7 Å². The summed E-state index contributed by atoms with van der Waals surface area (Å²) in [6.45, 7) is 1.68. The number of hydrogen-bond donors (Lipinski definition) is 0. The molecule has 0 aliphatic carbocycles. The normalized spacial score (nSPS) is 17.5. The molecule has 1 aromatic carbocycles. The van der Waals surface area contributed by atoms with Crippen molar-refractivity contribution >= 4 is 27.5 Å². The maximum atomic E-state index is 5.87. The van der Waals surface area contributed by atoms with Gasteiger partial charge < -0.3 is 4.74 Å². The van der Waals surface area contributed by atoms with Crippen LogP contribution in [0.15, 0.2) is 22.7 Å². The second kappa shape index (κ2) is 3.36. The van der Waals surface area contributed by atoms with Crippen LogP contribution in [0, 0.1) is 0 Å². The summed E-state index contributed by atoms with van der Waals surface area (Å²) >= 11 is 9.26. The third-order valence-electron chi connectivity index (χ3n) is 2.05. The van der Waals surface area contributed by atoms with E-state index in [1.807, 2.05) is 6.07 Å². The van der Waals surface area contributed by atoms with Crippen molar-refractivity contribution in [2.24, 2.45) is 0 Å². The van der Waals surface area contributed by atoms with Crippen LogP contribution in [0.1, 0.15) is 11.5 Å². The monoisotopic (exact) mass is 246 g/mol. The summed E-state index contributed by atoms with van der Waals surface area (Å²) in [6.07, 6.45) is 0. The quantitative estimate of drug-likeness (QED) is 0.740. The Morgan fingerprint density at radius 1 is 1.42 bits per heavy atom. The molecule has 1 aliphatic heterocycles. The lowest BCUT2D eigenvalue weighted by atomic mass is 9.98. The Bertz CT molecular complexity index is 297. The minimum Gasteiger partial charge on any atom is -0.380 e. The second-order valence-corrected chi connectivity index (χ2v) is 4.17. The zero-order valence-corrected chi connectivity index (χ0v) is 8.73. The molecule has 0 N–H and O–H groups in total. The Morgan fingerprint density at radius 2 is 2.17 bits per heavy atom. The number of rotatable bonds is 1. The smallest absolute Gasteiger partial charge is 0.0557 e.